The lowest BCUT2D eigenvalue weighted by atomic mass is 10.1. The number of benzene rings is 1. The summed E-state index contributed by atoms with van der Waals surface area (Å²) >= 11 is 0. The molecule has 0 aliphatic carbocycles. The Bertz CT molecular complexity index is 676. The maximum atomic E-state index is 11.9. The Morgan fingerprint density at radius 3 is 2.78 bits per heavy atom. The van der Waals surface area contributed by atoms with Crippen LogP contribution < -0.4 is 5.32 Å². The highest BCUT2D eigenvalue weighted by Crippen LogP contribution is 2.20. The van der Waals surface area contributed by atoms with Crippen LogP contribution in [0.3, 0.4) is 0 Å². The highest BCUT2D eigenvalue weighted by atomic mass is 16.4. The Hall–Kier alpha value is -2.30. The minimum atomic E-state index is -0.761. The van der Waals surface area contributed by atoms with Crippen LogP contribution in [-0.4, -0.2) is 28.5 Å². The number of aromatic amines is 1. The monoisotopic (exact) mass is 316 g/mol. The van der Waals surface area contributed by atoms with Crippen LogP contribution in [0.2, 0.25) is 0 Å². The normalized spacial score (nSPS) is 10.8. The Kier molecular flexibility index (Phi) is 6.20. The highest BCUT2D eigenvalue weighted by Gasteiger charge is 2.07. The molecule has 0 aliphatic rings. The third-order valence-corrected chi connectivity index (χ3v) is 3.93. The van der Waals surface area contributed by atoms with Crippen molar-refractivity contribution < 1.29 is 14.7 Å². The van der Waals surface area contributed by atoms with Crippen molar-refractivity contribution in [2.45, 2.75) is 45.4 Å². The summed E-state index contributed by atoms with van der Waals surface area (Å²) in [6, 6.07) is 6.27. The molecule has 3 N–H and O–H groups in total. The van der Waals surface area contributed by atoms with Gasteiger partial charge in [0.2, 0.25) is 5.91 Å². The summed E-state index contributed by atoms with van der Waals surface area (Å²) in [5.41, 5.74) is 3.48. The zero-order valence-corrected chi connectivity index (χ0v) is 13.5. The minimum absolute atomic E-state index is 0.0465. The van der Waals surface area contributed by atoms with Gasteiger partial charge in [0.1, 0.15) is 0 Å². The van der Waals surface area contributed by atoms with E-state index in [-0.39, 0.29) is 12.3 Å². The average Bonchev–Trinajstić information content (AvgIpc) is 2.90. The molecule has 1 heterocycles. The van der Waals surface area contributed by atoms with Gasteiger partial charge < -0.3 is 15.4 Å². The van der Waals surface area contributed by atoms with E-state index in [0.717, 1.165) is 18.4 Å². The van der Waals surface area contributed by atoms with E-state index in [1.165, 1.54) is 16.5 Å². The smallest absolute Gasteiger partial charge is 0.303 e. The molecule has 0 spiro atoms. The lowest BCUT2D eigenvalue weighted by Gasteiger charge is -2.05. The number of aliphatic carboxylic acids is 1. The van der Waals surface area contributed by atoms with Gasteiger partial charge in [-0.1, -0.05) is 18.1 Å². The third-order valence-electron chi connectivity index (χ3n) is 3.93. The van der Waals surface area contributed by atoms with E-state index in [1.54, 1.807) is 0 Å². The number of aryl methyl sites for hydroxylation is 2. The number of H-pyrrole nitrogens is 1. The summed E-state index contributed by atoms with van der Waals surface area (Å²) in [6.07, 6.45) is 5.68. The summed E-state index contributed by atoms with van der Waals surface area (Å²) in [4.78, 5) is 25.5. The fourth-order valence-corrected chi connectivity index (χ4v) is 2.64. The third kappa shape index (κ3) is 5.43. The first-order valence-corrected chi connectivity index (χ1v) is 8.11. The molecular formula is C18H24N2O3. The van der Waals surface area contributed by atoms with E-state index in [9.17, 15) is 9.59 Å². The van der Waals surface area contributed by atoms with Crippen molar-refractivity contribution in [2.75, 3.05) is 6.54 Å². The molecule has 0 aliphatic heterocycles. The highest BCUT2D eigenvalue weighted by molar-refractivity contribution is 5.84. The van der Waals surface area contributed by atoms with Gasteiger partial charge in [0.15, 0.2) is 0 Å². The number of aromatic nitrogens is 1. The van der Waals surface area contributed by atoms with Crippen molar-refractivity contribution in [3.8, 4) is 0 Å². The molecule has 0 radical (unpaired) electrons. The fraction of sp³-hybridized carbons (Fsp3) is 0.444. The van der Waals surface area contributed by atoms with Crippen molar-refractivity contribution in [1.82, 2.24) is 10.3 Å². The molecule has 5 heteroatoms. The van der Waals surface area contributed by atoms with E-state index in [4.69, 9.17) is 5.11 Å². The Labute approximate surface area is 136 Å². The molecule has 0 saturated heterocycles. The van der Waals surface area contributed by atoms with Crippen LogP contribution in [0.1, 0.15) is 43.2 Å². The van der Waals surface area contributed by atoms with Gasteiger partial charge in [0.25, 0.3) is 0 Å². The Morgan fingerprint density at radius 1 is 1.17 bits per heavy atom. The molecule has 23 heavy (non-hydrogen) atoms. The summed E-state index contributed by atoms with van der Waals surface area (Å²) in [5, 5.41) is 12.6. The molecule has 0 atom stereocenters. The van der Waals surface area contributed by atoms with Crippen LogP contribution >= 0.6 is 0 Å². The van der Waals surface area contributed by atoms with Gasteiger partial charge in [0, 0.05) is 36.5 Å². The molecule has 1 aromatic heterocycles. The lowest BCUT2D eigenvalue weighted by molar-refractivity contribution is -0.137. The second-order valence-electron chi connectivity index (χ2n) is 5.92. The number of hydrogen-bond acceptors (Lipinski definition) is 2. The van der Waals surface area contributed by atoms with Gasteiger partial charge in [-0.15, -0.1) is 0 Å². The number of fused-ring (bicyclic) bond motifs is 1. The quantitative estimate of drug-likeness (QED) is 0.621. The van der Waals surface area contributed by atoms with Gasteiger partial charge in [-0.2, -0.15) is 0 Å². The molecule has 1 aromatic carbocycles. The van der Waals surface area contributed by atoms with Crippen LogP contribution in [-0.2, 0) is 16.0 Å². The van der Waals surface area contributed by atoms with Crippen LogP contribution in [0.5, 0.6) is 0 Å². The van der Waals surface area contributed by atoms with E-state index < -0.39 is 5.97 Å². The number of unbranched alkanes of at least 4 members (excludes halogenated alkanes) is 2. The Balaban J connectivity index is 1.69. The molecule has 0 bridgehead atoms. The maximum Gasteiger partial charge on any atom is 0.303 e. The Morgan fingerprint density at radius 2 is 2.00 bits per heavy atom. The first kappa shape index (κ1) is 17.1. The number of hydrogen-bond donors (Lipinski definition) is 3. The SMILES string of the molecule is Cc1ccc2[nH]cc(CCC(=O)NCCCCCC(=O)O)c2c1. The summed E-state index contributed by atoms with van der Waals surface area (Å²) in [5.74, 6) is -0.715. The molecule has 0 saturated carbocycles. The summed E-state index contributed by atoms with van der Waals surface area (Å²) in [6.45, 7) is 2.68. The van der Waals surface area contributed by atoms with Crippen LogP contribution in [0, 0.1) is 6.92 Å². The van der Waals surface area contributed by atoms with E-state index in [2.05, 4.69) is 35.4 Å². The molecular weight excluding hydrogens is 292 g/mol. The number of nitrogens with one attached hydrogen (secondary N) is 2. The maximum absolute atomic E-state index is 11.9. The van der Waals surface area contributed by atoms with Crippen LogP contribution in [0.15, 0.2) is 24.4 Å². The predicted molar refractivity (Wildman–Crippen MR) is 90.5 cm³/mol. The van der Waals surface area contributed by atoms with Crippen molar-refractivity contribution in [1.29, 1.82) is 0 Å². The number of amides is 1. The van der Waals surface area contributed by atoms with Crippen LogP contribution in [0.4, 0.5) is 0 Å². The van der Waals surface area contributed by atoms with Crippen LogP contribution in [0.25, 0.3) is 10.9 Å². The van der Waals surface area contributed by atoms with Gasteiger partial charge in [-0.25, -0.2) is 0 Å². The molecule has 5 nitrogen and oxygen atoms in total. The van der Waals surface area contributed by atoms with Crippen molar-refractivity contribution in [3.05, 3.63) is 35.5 Å². The predicted octanol–water partition coefficient (Wildman–Crippen LogP) is 3.17. The zero-order chi connectivity index (χ0) is 16.7. The minimum Gasteiger partial charge on any atom is -0.481 e. The van der Waals surface area contributed by atoms with Gasteiger partial charge in [-0.3, -0.25) is 9.59 Å². The number of carboxylic acids is 1. The first-order valence-electron chi connectivity index (χ1n) is 8.11. The largest absolute Gasteiger partial charge is 0.481 e. The average molecular weight is 316 g/mol. The molecule has 2 aromatic rings. The van der Waals surface area contributed by atoms with E-state index >= 15 is 0 Å². The van der Waals surface area contributed by atoms with Gasteiger partial charge >= 0.3 is 5.97 Å². The second-order valence-corrected chi connectivity index (χ2v) is 5.92. The lowest BCUT2D eigenvalue weighted by Crippen LogP contribution is -2.24. The van der Waals surface area contributed by atoms with Crippen molar-refractivity contribution >= 4 is 22.8 Å². The molecule has 0 fully saturated rings. The number of carbonyl (C=O) groups is 2. The standard InChI is InChI=1S/C18H24N2O3/c1-13-6-8-16-15(11-13)14(12-20-16)7-9-17(21)19-10-4-2-3-5-18(22)23/h6,8,11-12,20H,2-5,7,9-10H2,1H3,(H,19,21)(H,22,23). The fourth-order valence-electron chi connectivity index (χ4n) is 2.64. The van der Waals surface area contributed by atoms with Crippen molar-refractivity contribution in [3.63, 3.8) is 0 Å². The molecule has 2 rings (SSSR count). The van der Waals surface area contributed by atoms with E-state index in [0.29, 0.717) is 25.8 Å². The van der Waals surface area contributed by atoms with E-state index in [1.807, 2.05) is 6.20 Å². The number of carbonyl (C=O) groups excluding carboxylic acids is 1. The molecule has 0 unspecified atom stereocenters. The van der Waals surface area contributed by atoms with Crippen molar-refractivity contribution in [2.24, 2.45) is 0 Å². The first-order chi connectivity index (χ1) is 11.1. The zero-order valence-electron chi connectivity index (χ0n) is 13.5. The molecule has 1 amide bonds. The number of rotatable bonds is 9. The van der Waals surface area contributed by atoms with Gasteiger partial charge in [-0.05, 0) is 43.9 Å². The summed E-state index contributed by atoms with van der Waals surface area (Å²) in [7, 11) is 0. The topological polar surface area (TPSA) is 82.2 Å². The number of carboxylic acid groups (broad SMARTS) is 1. The second kappa shape index (κ2) is 8.36. The van der Waals surface area contributed by atoms with Gasteiger partial charge in [0.05, 0.1) is 0 Å². The summed E-state index contributed by atoms with van der Waals surface area (Å²) < 4.78 is 0. The molecule has 124 valence electrons.